The van der Waals surface area contributed by atoms with Gasteiger partial charge >= 0.3 is 0 Å². The number of H-pyrrole nitrogens is 1. The normalized spacial score (nSPS) is 30.0. The Morgan fingerprint density at radius 1 is 0.966 bits per heavy atom. The van der Waals surface area contributed by atoms with Gasteiger partial charge in [-0.1, -0.05) is 18.2 Å². The number of rotatable bonds is 3. The second-order valence-corrected chi connectivity index (χ2v) is 9.46. The summed E-state index contributed by atoms with van der Waals surface area (Å²) >= 11 is 0. The molecule has 148 valence electrons. The van der Waals surface area contributed by atoms with Gasteiger partial charge in [-0.25, -0.2) is 0 Å². The van der Waals surface area contributed by atoms with Gasteiger partial charge in [-0.15, -0.1) is 0 Å². The molecule has 3 aromatic rings. The van der Waals surface area contributed by atoms with Crippen molar-refractivity contribution < 1.29 is 4.74 Å². The summed E-state index contributed by atoms with van der Waals surface area (Å²) in [5.74, 6) is 6.11. The van der Waals surface area contributed by atoms with Crippen molar-refractivity contribution in [2.24, 2.45) is 23.7 Å². The maximum atomic E-state index is 12.9. The van der Waals surface area contributed by atoms with Crippen molar-refractivity contribution in [3.8, 4) is 11.5 Å². The number of nitrogens with one attached hydrogen (secondary N) is 1. The standard InChI is InChI=1S/C25H26N2O2/c1-14-7-20-21(13-22(14)29-19-5-3-2-4-6-19)26-24(27-25(20)28)23-17-9-15-8-16(11-17)12-18(23)10-15/h2-7,13,15-18,23H,8-12H2,1H3,(H,26,27,28). The van der Waals surface area contributed by atoms with Gasteiger partial charge in [0.1, 0.15) is 17.3 Å². The number of ether oxygens (including phenoxy) is 1. The summed E-state index contributed by atoms with van der Waals surface area (Å²) < 4.78 is 6.09. The molecule has 1 N–H and O–H groups in total. The number of hydrogen-bond acceptors (Lipinski definition) is 3. The van der Waals surface area contributed by atoms with E-state index >= 15 is 0 Å². The molecule has 4 heteroatoms. The second kappa shape index (κ2) is 6.45. The summed E-state index contributed by atoms with van der Waals surface area (Å²) in [6.45, 7) is 1.98. The third-order valence-electron chi connectivity index (χ3n) is 7.54. The predicted molar refractivity (Wildman–Crippen MR) is 113 cm³/mol. The van der Waals surface area contributed by atoms with Crippen LogP contribution in [0.2, 0.25) is 0 Å². The van der Waals surface area contributed by atoms with Crippen LogP contribution in [-0.4, -0.2) is 9.97 Å². The van der Waals surface area contributed by atoms with Gasteiger partial charge in [-0.05, 0) is 86.5 Å². The van der Waals surface area contributed by atoms with Crippen molar-refractivity contribution in [2.45, 2.75) is 44.9 Å². The first-order valence-electron chi connectivity index (χ1n) is 10.9. The van der Waals surface area contributed by atoms with E-state index in [1.54, 1.807) is 0 Å². The number of para-hydroxylation sites is 1. The van der Waals surface area contributed by atoms with Crippen LogP contribution < -0.4 is 10.3 Å². The molecular formula is C25H26N2O2. The molecule has 4 aliphatic rings. The molecule has 4 aliphatic carbocycles. The Bertz CT molecular complexity index is 1110. The monoisotopic (exact) mass is 386 g/mol. The van der Waals surface area contributed by atoms with Gasteiger partial charge < -0.3 is 9.72 Å². The Kier molecular flexibility index (Phi) is 3.84. The van der Waals surface area contributed by atoms with Crippen molar-refractivity contribution in [1.29, 1.82) is 0 Å². The average Bonchev–Trinajstić information content (AvgIpc) is 2.69. The van der Waals surface area contributed by atoms with E-state index < -0.39 is 0 Å². The minimum Gasteiger partial charge on any atom is -0.457 e. The number of hydrogen-bond donors (Lipinski definition) is 1. The lowest BCUT2D eigenvalue weighted by molar-refractivity contribution is -0.00560. The summed E-state index contributed by atoms with van der Waals surface area (Å²) in [5, 5.41) is 0.649. The minimum absolute atomic E-state index is 0.114. The van der Waals surface area contributed by atoms with Crippen LogP contribution in [0.4, 0.5) is 0 Å². The first-order valence-corrected chi connectivity index (χ1v) is 10.9. The molecule has 0 spiro atoms. The predicted octanol–water partition coefficient (Wildman–Crippen LogP) is 5.56. The zero-order valence-corrected chi connectivity index (χ0v) is 16.7. The van der Waals surface area contributed by atoms with E-state index in [9.17, 15) is 4.79 Å². The topological polar surface area (TPSA) is 55.0 Å². The number of aromatic amines is 1. The van der Waals surface area contributed by atoms with Gasteiger partial charge in [0, 0.05) is 12.0 Å². The maximum absolute atomic E-state index is 12.9. The summed E-state index contributed by atoms with van der Waals surface area (Å²) in [4.78, 5) is 21.0. The van der Waals surface area contributed by atoms with Crippen LogP contribution in [0, 0.1) is 30.6 Å². The molecule has 4 saturated carbocycles. The Morgan fingerprint density at radius 2 is 1.66 bits per heavy atom. The molecule has 4 bridgehead atoms. The molecule has 0 saturated heterocycles. The lowest BCUT2D eigenvalue weighted by Crippen LogP contribution is -2.44. The van der Waals surface area contributed by atoms with Gasteiger partial charge in [0.2, 0.25) is 0 Å². The molecule has 7 rings (SSSR count). The van der Waals surface area contributed by atoms with E-state index in [4.69, 9.17) is 4.74 Å². The minimum atomic E-state index is -0.114. The van der Waals surface area contributed by atoms with Crippen molar-refractivity contribution in [2.75, 3.05) is 0 Å². The third-order valence-corrected chi connectivity index (χ3v) is 7.54. The Hall–Kier alpha value is -2.62. The molecule has 0 amide bonds. The first-order chi connectivity index (χ1) is 14.1. The van der Waals surface area contributed by atoms with Gasteiger partial charge in [-0.2, -0.15) is 4.98 Å². The molecule has 29 heavy (non-hydrogen) atoms. The molecule has 1 heterocycles. The summed E-state index contributed by atoms with van der Waals surface area (Å²) in [6, 6.07) is 13.7. The molecule has 4 fully saturated rings. The molecule has 0 aliphatic heterocycles. The highest BCUT2D eigenvalue weighted by Crippen LogP contribution is 2.59. The molecule has 4 nitrogen and oxygen atoms in total. The second-order valence-electron chi connectivity index (χ2n) is 9.46. The van der Waals surface area contributed by atoms with E-state index in [-0.39, 0.29) is 5.56 Å². The lowest BCUT2D eigenvalue weighted by atomic mass is 9.51. The maximum Gasteiger partial charge on any atom is 0.280 e. The highest BCUT2D eigenvalue weighted by atomic mass is 16.5. The molecule has 0 atom stereocenters. The zero-order valence-electron chi connectivity index (χ0n) is 16.7. The van der Waals surface area contributed by atoms with Crippen molar-refractivity contribution in [3.05, 3.63) is 64.2 Å². The van der Waals surface area contributed by atoms with Gasteiger partial charge in [0.15, 0.2) is 0 Å². The van der Waals surface area contributed by atoms with Gasteiger partial charge in [0.05, 0.1) is 10.9 Å². The van der Waals surface area contributed by atoms with E-state index in [0.29, 0.717) is 23.1 Å². The van der Waals surface area contributed by atoms with Crippen LogP contribution in [0.3, 0.4) is 0 Å². The summed E-state index contributed by atoms with van der Waals surface area (Å²) in [6.07, 6.45) is 6.69. The quantitative estimate of drug-likeness (QED) is 0.641. The fourth-order valence-electron chi connectivity index (χ4n) is 6.56. The Morgan fingerprint density at radius 3 is 2.34 bits per heavy atom. The van der Waals surface area contributed by atoms with Crippen molar-refractivity contribution >= 4 is 10.9 Å². The molecule has 0 radical (unpaired) electrons. The Balaban J connectivity index is 1.41. The SMILES string of the molecule is Cc1cc2c(=O)nc(C3C4CC5CC(C4)CC3C5)[nH]c2cc1Oc1ccccc1. The third kappa shape index (κ3) is 2.88. The number of nitrogens with zero attached hydrogens (tertiary/aromatic N) is 1. The van der Waals surface area contributed by atoms with Crippen molar-refractivity contribution in [3.63, 3.8) is 0 Å². The van der Waals surface area contributed by atoms with Crippen LogP contribution >= 0.6 is 0 Å². The molecule has 2 aromatic carbocycles. The molecule has 0 unspecified atom stereocenters. The number of fused-ring (bicyclic) bond motifs is 1. The fraction of sp³-hybridized carbons (Fsp3) is 0.440. The van der Waals surface area contributed by atoms with E-state index in [1.165, 1.54) is 32.1 Å². The smallest absolute Gasteiger partial charge is 0.280 e. The van der Waals surface area contributed by atoms with Crippen LogP contribution in [-0.2, 0) is 0 Å². The first kappa shape index (κ1) is 17.3. The number of aryl methyl sites for hydroxylation is 1. The lowest BCUT2D eigenvalue weighted by Gasteiger charge is -2.54. The molecular weight excluding hydrogens is 360 g/mol. The van der Waals surface area contributed by atoms with E-state index in [0.717, 1.165) is 40.2 Å². The molecule has 1 aromatic heterocycles. The van der Waals surface area contributed by atoms with Gasteiger partial charge in [-0.3, -0.25) is 4.79 Å². The van der Waals surface area contributed by atoms with Crippen LogP contribution in [0.5, 0.6) is 11.5 Å². The Labute approximate surface area is 170 Å². The average molecular weight is 386 g/mol. The van der Waals surface area contributed by atoms with Gasteiger partial charge in [0.25, 0.3) is 5.56 Å². The fourth-order valence-corrected chi connectivity index (χ4v) is 6.56. The zero-order chi connectivity index (χ0) is 19.5. The number of benzene rings is 2. The summed E-state index contributed by atoms with van der Waals surface area (Å²) in [7, 11) is 0. The highest BCUT2D eigenvalue weighted by Gasteiger charge is 2.49. The van der Waals surface area contributed by atoms with Crippen LogP contribution in [0.25, 0.3) is 10.9 Å². The van der Waals surface area contributed by atoms with Crippen LogP contribution in [0.15, 0.2) is 47.3 Å². The van der Waals surface area contributed by atoms with E-state index in [1.807, 2.05) is 49.4 Å². The largest absolute Gasteiger partial charge is 0.457 e. The van der Waals surface area contributed by atoms with Crippen LogP contribution in [0.1, 0.15) is 49.4 Å². The number of aromatic nitrogens is 2. The van der Waals surface area contributed by atoms with Crippen molar-refractivity contribution in [1.82, 2.24) is 9.97 Å². The van der Waals surface area contributed by atoms with E-state index in [2.05, 4.69) is 9.97 Å². The highest BCUT2D eigenvalue weighted by molar-refractivity contribution is 5.80. The summed E-state index contributed by atoms with van der Waals surface area (Å²) in [5.41, 5.74) is 1.67.